The van der Waals surface area contributed by atoms with Crippen molar-refractivity contribution < 1.29 is 9.53 Å². The molecule has 0 saturated heterocycles. The zero-order valence-electron chi connectivity index (χ0n) is 14.8. The van der Waals surface area contributed by atoms with Crippen LogP contribution in [0.3, 0.4) is 0 Å². The van der Waals surface area contributed by atoms with E-state index >= 15 is 0 Å². The standard InChI is InChI=1S/C22H17N3O2/c1-2-27-20(26)13-11-17-6-3-7-18(24-17)19-12-10-16-9-8-15-5-4-14-23-21(15)22(16)25-19/h3-14H,2H2,1H3/b13-11+. The van der Waals surface area contributed by atoms with Crippen LogP contribution in [0.2, 0.25) is 0 Å². The van der Waals surface area contributed by atoms with Crippen LogP contribution in [0.15, 0.2) is 66.9 Å². The largest absolute Gasteiger partial charge is 0.463 e. The van der Waals surface area contributed by atoms with Gasteiger partial charge in [0.2, 0.25) is 0 Å². The highest BCUT2D eigenvalue weighted by Gasteiger charge is 2.07. The topological polar surface area (TPSA) is 65.0 Å². The van der Waals surface area contributed by atoms with Crippen molar-refractivity contribution >= 4 is 33.9 Å². The van der Waals surface area contributed by atoms with Gasteiger partial charge in [-0.1, -0.05) is 30.3 Å². The van der Waals surface area contributed by atoms with E-state index in [2.05, 4.69) is 9.97 Å². The van der Waals surface area contributed by atoms with E-state index in [-0.39, 0.29) is 5.97 Å². The molecular weight excluding hydrogens is 338 g/mol. The van der Waals surface area contributed by atoms with Gasteiger partial charge in [-0.2, -0.15) is 0 Å². The molecule has 0 fully saturated rings. The Hall–Kier alpha value is -3.60. The van der Waals surface area contributed by atoms with Gasteiger partial charge in [0.05, 0.1) is 34.7 Å². The molecule has 4 aromatic rings. The summed E-state index contributed by atoms with van der Waals surface area (Å²) in [4.78, 5) is 25.4. The third-order valence-electron chi connectivity index (χ3n) is 4.14. The van der Waals surface area contributed by atoms with Crippen LogP contribution in [-0.2, 0) is 9.53 Å². The van der Waals surface area contributed by atoms with Crippen molar-refractivity contribution in [3.8, 4) is 11.4 Å². The van der Waals surface area contributed by atoms with Gasteiger partial charge in [-0.25, -0.2) is 14.8 Å². The molecule has 3 heterocycles. The highest BCUT2D eigenvalue weighted by atomic mass is 16.5. The number of carbonyl (C=O) groups excluding carboxylic acids is 1. The molecule has 0 radical (unpaired) electrons. The van der Waals surface area contributed by atoms with Crippen molar-refractivity contribution in [1.29, 1.82) is 0 Å². The van der Waals surface area contributed by atoms with Gasteiger partial charge in [0.25, 0.3) is 0 Å². The van der Waals surface area contributed by atoms with E-state index in [4.69, 9.17) is 9.72 Å². The second kappa shape index (κ2) is 7.33. The minimum atomic E-state index is -0.383. The van der Waals surface area contributed by atoms with Crippen LogP contribution in [0, 0.1) is 0 Å². The van der Waals surface area contributed by atoms with Gasteiger partial charge in [-0.3, -0.25) is 4.98 Å². The lowest BCUT2D eigenvalue weighted by Gasteiger charge is -2.06. The Morgan fingerprint density at radius 2 is 1.70 bits per heavy atom. The van der Waals surface area contributed by atoms with E-state index in [1.165, 1.54) is 6.08 Å². The first-order valence-corrected chi connectivity index (χ1v) is 8.71. The third kappa shape index (κ3) is 3.53. The van der Waals surface area contributed by atoms with Gasteiger partial charge >= 0.3 is 5.97 Å². The molecule has 0 bridgehead atoms. The Balaban J connectivity index is 1.75. The monoisotopic (exact) mass is 355 g/mol. The molecule has 5 heteroatoms. The van der Waals surface area contributed by atoms with Crippen molar-refractivity contribution in [3.63, 3.8) is 0 Å². The van der Waals surface area contributed by atoms with E-state index in [9.17, 15) is 4.79 Å². The first-order chi connectivity index (χ1) is 13.2. The summed E-state index contributed by atoms with van der Waals surface area (Å²) in [7, 11) is 0. The molecule has 0 amide bonds. The van der Waals surface area contributed by atoms with Gasteiger partial charge < -0.3 is 4.74 Å². The molecule has 0 spiro atoms. The molecule has 0 saturated carbocycles. The quantitative estimate of drug-likeness (QED) is 0.308. The number of rotatable bonds is 4. The van der Waals surface area contributed by atoms with Crippen LogP contribution >= 0.6 is 0 Å². The van der Waals surface area contributed by atoms with Gasteiger partial charge in [0.15, 0.2) is 0 Å². The van der Waals surface area contributed by atoms with Gasteiger partial charge in [0.1, 0.15) is 0 Å². The minimum absolute atomic E-state index is 0.347. The Morgan fingerprint density at radius 3 is 2.56 bits per heavy atom. The first kappa shape index (κ1) is 16.8. The Bertz CT molecular complexity index is 1170. The summed E-state index contributed by atoms with van der Waals surface area (Å²) in [6.45, 7) is 2.12. The van der Waals surface area contributed by atoms with Gasteiger partial charge in [-0.05, 0) is 37.3 Å². The number of nitrogens with zero attached hydrogens (tertiary/aromatic N) is 3. The van der Waals surface area contributed by atoms with Crippen LogP contribution < -0.4 is 0 Å². The van der Waals surface area contributed by atoms with Crippen LogP contribution in [0.1, 0.15) is 12.6 Å². The summed E-state index contributed by atoms with van der Waals surface area (Å²) in [5.74, 6) is -0.383. The Labute approximate surface area is 156 Å². The molecule has 1 aromatic carbocycles. The Morgan fingerprint density at radius 1 is 0.926 bits per heavy atom. The second-order valence-corrected chi connectivity index (χ2v) is 5.94. The lowest BCUT2D eigenvalue weighted by atomic mass is 10.1. The molecule has 5 nitrogen and oxygen atoms in total. The third-order valence-corrected chi connectivity index (χ3v) is 4.14. The summed E-state index contributed by atoms with van der Waals surface area (Å²) >= 11 is 0. The summed E-state index contributed by atoms with van der Waals surface area (Å²) in [6.07, 6.45) is 4.79. The number of aromatic nitrogens is 3. The molecule has 3 aromatic heterocycles. The van der Waals surface area contributed by atoms with Crippen LogP contribution in [-0.4, -0.2) is 27.5 Å². The average Bonchev–Trinajstić information content (AvgIpc) is 2.72. The normalized spacial score (nSPS) is 11.3. The molecule has 0 aliphatic rings. The van der Waals surface area contributed by atoms with Crippen molar-refractivity contribution in [3.05, 3.63) is 72.6 Å². The van der Waals surface area contributed by atoms with E-state index in [0.29, 0.717) is 12.3 Å². The van der Waals surface area contributed by atoms with Crippen molar-refractivity contribution in [1.82, 2.24) is 15.0 Å². The molecule has 27 heavy (non-hydrogen) atoms. The zero-order valence-corrected chi connectivity index (χ0v) is 14.8. The molecule has 0 unspecified atom stereocenters. The highest BCUT2D eigenvalue weighted by molar-refractivity contribution is 6.03. The summed E-state index contributed by atoms with van der Waals surface area (Å²) in [5.41, 5.74) is 3.87. The van der Waals surface area contributed by atoms with E-state index in [0.717, 1.165) is 33.2 Å². The lowest BCUT2D eigenvalue weighted by Crippen LogP contribution is -1.99. The molecule has 0 aliphatic carbocycles. The van der Waals surface area contributed by atoms with E-state index in [1.807, 2.05) is 54.6 Å². The number of ether oxygens (including phenoxy) is 1. The van der Waals surface area contributed by atoms with Crippen molar-refractivity contribution in [2.75, 3.05) is 6.61 Å². The fourth-order valence-corrected chi connectivity index (χ4v) is 2.90. The fourth-order valence-electron chi connectivity index (χ4n) is 2.90. The molecule has 0 aliphatic heterocycles. The summed E-state index contributed by atoms with van der Waals surface area (Å²) in [6, 6.07) is 17.6. The maximum Gasteiger partial charge on any atom is 0.330 e. The van der Waals surface area contributed by atoms with Crippen LogP contribution in [0.5, 0.6) is 0 Å². The molecule has 4 rings (SSSR count). The second-order valence-electron chi connectivity index (χ2n) is 5.94. The smallest absolute Gasteiger partial charge is 0.330 e. The number of carbonyl (C=O) groups is 1. The predicted octanol–water partition coefficient (Wildman–Crippen LogP) is 4.42. The molecular formula is C22H17N3O2. The molecule has 0 N–H and O–H groups in total. The number of pyridine rings is 3. The van der Waals surface area contributed by atoms with Crippen molar-refractivity contribution in [2.45, 2.75) is 6.92 Å². The van der Waals surface area contributed by atoms with E-state index in [1.54, 1.807) is 19.2 Å². The summed E-state index contributed by atoms with van der Waals surface area (Å²) < 4.78 is 4.89. The van der Waals surface area contributed by atoms with E-state index < -0.39 is 0 Å². The first-order valence-electron chi connectivity index (χ1n) is 8.71. The molecule has 0 atom stereocenters. The average molecular weight is 355 g/mol. The predicted molar refractivity (Wildman–Crippen MR) is 106 cm³/mol. The molecule has 132 valence electrons. The van der Waals surface area contributed by atoms with Gasteiger partial charge in [-0.15, -0.1) is 0 Å². The minimum Gasteiger partial charge on any atom is -0.463 e. The van der Waals surface area contributed by atoms with Crippen molar-refractivity contribution in [2.24, 2.45) is 0 Å². The highest BCUT2D eigenvalue weighted by Crippen LogP contribution is 2.25. The number of fused-ring (bicyclic) bond motifs is 3. The maximum atomic E-state index is 11.5. The Kier molecular flexibility index (Phi) is 4.58. The SMILES string of the molecule is CCOC(=O)/C=C/c1cccc(-c2ccc3ccc4cccnc4c3n2)n1. The summed E-state index contributed by atoms with van der Waals surface area (Å²) in [5, 5.41) is 2.08. The fraction of sp³-hybridized carbons (Fsp3) is 0.0909. The van der Waals surface area contributed by atoms with Crippen LogP contribution in [0.25, 0.3) is 39.3 Å². The number of benzene rings is 1. The zero-order chi connectivity index (χ0) is 18.6. The number of hydrogen-bond donors (Lipinski definition) is 0. The number of hydrogen-bond acceptors (Lipinski definition) is 5. The number of esters is 1. The maximum absolute atomic E-state index is 11.5. The lowest BCUT2D eigenvalue weighted by molar-refractivity contribution is -0.137. The van der Waals surface area contributed by atoms with Crippen LogP contribution in [0.4, 0.5) is 0 Å². The van der Waals surface area contributed by atoms with Gasteiger partial charge in [0, 0.05) is 23.0 Å².